The van der Waals surface area contributed by atoms with Gasteiger partial charge in [0.2, 0.25) is 5.91 Å². The van der Waals surface area contributed by atoms with Crippen LogP contribution in [0.4, 0.5) is 0 Å². The van der Waals surface area contributed by atoms with Gasteiger partial charge in [0, 0.05) is 29.3 Å². The van der Waals surface area contributed by atoms with Gasteiger partial charge in [-0.2, -0.15) is 0 Å². The maximum Gasteiger partial charge on any atom is 0.262 e. The van der Waals surface area contributed by atoms with Crippen LogP contribution >= 0.6 is 22.9 Å². The highest BCUT2D eigenvalue weighted by molar-refractivity contribution is 7.18. The van der Waals surface area contributed by atoms with Gasteiger partial charge in [0.1, 0.15) is 10.7 Å². The fourth-order valence-electron chi connectivity index (χ4n) is 3.65. The molecule has 1 aromatic carbocycles. The second kappa shape index (κ2) is 7.44. The largest absolute Gasteiger partial charge is 0.370 e. The van der Waals surface area contributed by atoms with Crippen LogP contribution in [0.5, 0.6) is 0 Å². The van der Waals surface area contributed by atoms with Crippen molar-refractivity contribution >= 4 is 39.1 Å². The van der Waals surface area contributed by atoms with E-state index in [-0.39, 0.29) is 18.5 Å². The van der Waals surface area contributed by atoms with Gasteiger partial charge in [0.25, 0.3) is 5.56 Å². The Hall–Kier alpha value is -2.18. The number of halogens is 1. The summed E-state index contributed by atoms with van der Waals surface area (Å²) in [6.45, 7) is 0.255. The van der Waals surface area contributed by atoms with Crippen LogP contribution in [0.1, 0.15) is 41.1 Å². The lowest BCUT2D eigenvalue weighted by Crippen LogP contribution is -2.28. The number of aromatic nitrogens is 2. The molecule has 0 saturated carbocycles. The molecule has 2 N–H and O–H groups in total. The average Bonchev–Trinajstić information content (AvgIpc) is 3.01. The molecule has 0 radical (unpaired) electrons. The number of nitrogens with two attached hydrogens (primary N) is 1. The molecule has 2 heterocycles. The van der Waals surface area contributed by atoms with E-state index in [4.69, 9.17) is 22.3 Å². The third kappa shape index (κ3) is 3.64. The van der Waals surface area contributed by atoms with Crippen molar-refractivity contribution in [2.75, 3.05) is 0 Å². The molecule has 3 aromatic rings. The third-order valence-electron chi connectivity index (χ3n) is 5.01. The van der Waals surface area contributed by atoms with Crippen molar-refractivity contribution in [3.05, 3.63) is 61.5 Å². The first-order valence-corrected chi connectivity index (χ1v) is 10.3. The van der Waals surface area contributed by atoms with E-state index in [0.717, 1.165) is 47.0 Å². The van der Waals surface area contributed by atoms with Crippen molar-refractivity contribution in [2.24, 2.45) is 5.73 Å². The van der Waals surface area contributed by atoms with Gasteiger partial charge in [-0.15, -0.1) is 11.3 Å². The molecular weight excluding hydrogens is 382 g/mol. The van der Waals surface area contributed by atoms with E-state index in [2.05, 4.69) is 0 Å². The molecule has 0 spiro atoms. The summed E-state index contributed by atoms with van der Waals surface area (Å²) < 4.78 is 1.63. The highest BCUT2D eigenvalue weighted by Crippen LogP contribution is 2.34. The predicted molar refractivity (Wildman–Crippen MR) is 109 cm³/mol. The summed E-state index contributed by atoms with van der Waals surface area (Å²) in [4.78, 5) is 31.5. The van der Waals surface area contributed by atoms with Gasteiger partial charge in [-0.05, 0) is 48.9 Å². The third-order valence-corrected chi connectivity index (χ3v) is 6.45. The highest BCUT2D eigenvalue weighted by Gasteiger charge is 2.22. The van der Waals surface area contributed by atoms with Crippen molar-refractivity contribution in [3.8, 4) is 0 Å². The van der Waals surface area contributed by atoms with E-state index in [0.29, 0.717) is 17.3 Å². The minimum atomic E-state index is -0.424. The number of rotatable bonds is 5. The second-order valence-electron chi connectivity index (χ2n) is 6.90. The molecule has 5 nitrogen and oxygen atoms in total. The van der Waals surface area contributed by atoms with Crippen LogP contribution in [0.3, 0.4) is 0 Å². The molecule has 140 valence electrons. The Morgan fingerprint density at radius 3 is 2.70 bits per heavy atom. The molecule has 0 bridgehead atoms. The Morgan fingerprint density at radius 2 is 1.96 bits per heavy atom. The molecule has 1 aliphatic rings. The summed E-state index contributed by atoms with van der Waals surface area (Å²) in [5, 5.41) is 1.40. The number of fused-ring (bicyclic) bond motifs is 3. The van der Waals surface area contributed by atoms with Crippen LogP contribution in [-0.4, -0.2) is 15.5 Å². The minimum absolute atomic E-state index is 0.0513. The SMILES string of the molecule is NC(=O)CCn1c(Cc2ccc(Cl)cc2)nc2sc3c(c2c1=O)CCCC3. The first-order valence-electron chi connectivity index (χ1n) is 9.09. The molecule has 0 fully saturated rings. The second-order valence-corrected chi connectivity index (χ2v) is 8.42. The predicted octanol–water partition coefficient (Wildman–Crippen LogP) is 3.46. The van der Waals surface area contributed by atoms with Crippen LogP contribution in [0, 0.1) is 0 Å². The number of thiophene rings is 1. The standard InChI is InChI=1S/C20H20ClN3O2S/c21-13-7-5-12(6-8-13)11-17-23-19-18(14-3-1-2-4-15(14)27-19)20(26)24(17)10-9-16(22)25/h5-8H,1-4,9-11H2,(H2,22,25). The zero-order valence-electron chi connectivity index (χ0n) is 14.8. The van der Waals surface area contributed by atoms with Gasteiger partial charge in [-0.1, -0.05) is 23.7 Å². The molecule has 2 aromatic heterocycles. The summed E-state index contributed by atoms with van der Waals surface area (Å²) in [7, 11) is 0. The fourth-order valence-corrected chi connectivity index (χ4v) is 5.05. The van der Waals surface area contributed by atoms with Crippen molar-refractivity contribution in [3.63, 3.8) is 0 Å². The van der Waals surface area contributed by atoms with Gasteiger partial charge in [-0.3, -0.25) is 14.2 Å². The lowest BCUT2D eigenvalue weighted by molar-refractivity contribution is -0.118. The number of aryl methyl sites for hydroxylation is 2. The number of carbonyl (C=O) groups excluding carboxylic acids is 1. The first kappa shape index (κ1) is 18.2. The van der Waals surface area contributed by atoms with E-state index in [1.165, 1.54) is 4.88 Å². The Morgan fingerprint density at radius 1 is 1.22 bits per heavy atom. The molecule has 7 heteroatoms. The summed E-state index contributed by atoms with van der Waals surface area (Å²) in [5.74, 6) is 0.237. The summed E-state index contributed by atoms with van der Waals surface area (Å²) in [5.41, 5.74) is 7.45. The van der Waals surface area contributed by atoms with E-state index < -0.39 is 5.91 Å². The maximum absolute atomic E-state index is 13.3. The molecule has 0 saturated heterocycles. The number of hydrogen-bond acceptors (Lipinski definition) is 4. The molecular formula is C20H20ClN3O2S. The monoisotopic (exact) mass is 401 g/mol. The van der Waals surface area contributed by atoms with E-state index in [1.807, 2.05) is 24.3 Å². The number of carbonyl (C=O) groups is 1. The molecule has 27 heavy (non-hydrogen) atoms. The Balaban J connectivity index is 1.84. The van der Waals surface area contributed by atoms with Crippen molar-refractivity contribution in [1.82, 2.24) is 9.55 Å². The van der Waals surface area contributed by atoms with E-state index in [1.54, 1.807) is 15.9 Å². The number of primary amides is 1. The van der Waals surface area contributed by atoms with E-state index >= 15 is 0 Å². The topological polar surface area (TPSA) is 78.0 Å². The van der Waals surface area contributed by atoms with Crippen LogP contribution < -0.4 is 11.3 Å². The molecule has 0 unspecified atom stereocenters. The molecule has 0 aliphatic heterocycles. The number of hydrogen-bond donors (Lipinski definition) is 1. The number of benzene rings is 1. The van der Waals surface area contributed by atoms with Gasteiger partial charge in [0.05, 0.1) is 5.39 Å². The zero-order valence-corrected chi connectivity index (χ0v) is 16.4. The molecule has 4 rings (SSSR count). The van der Waals surface area contributed by atoms with Crippen LogP contribution in [0.25, 0.3) is 10.2 Å². The average molecular weight is 402 g/mol. The maximum atomic E-state index is 13.3. The number of nitrogens with zero attached hydrogens (tertiary/aromatic N) is 2. The smallest absolute Gasteiger partial charge is 0.262 e. The first-order chi connectivity index (χ1) is 13.0. The Labute approximate surface area is 165 Å². The van der Waals surface area contributed by atoms with E-state index in [9.17, 15) is 9.59 Å². The molecule has 1 amide bonds. The summed E-state index contributed by atoms with van der Waals surface area (Å²) >= 11 is 7.61. The highest BCUT2D eigenvalue weighted by atomic mass is 35.5. The van der Waals surface area contributed by atoms with Crippen molar-refractivity contribution in [2.45, 2.75) is 45.1 Å². The lowest BCUT2D eigenvalue weighted by Gasteiger charge is -2.13. The summed E-state index contributed by atoms with van der Waals surface area (Å²) in [6, 6.07) is 7.50. The van der Waals surface area contributed by atoms with Crippen LogP contribution in [0.2, 0.25) is 5.02 Å². The summed E-state index contributed by atoms with van der Waals surface area (Å²) in [6.07, 6.45) is 4.83. The fraction of sp³-hybridized carbons (Fsp3) is 0.350. The van der Waals surface area contributed by atoms with Crippen LogP contribution in [-0.2, 0) is 30.6 Å². The molecule has 1 aliphatic carbocycles. The van der Waals surface area contributed by atoms with Gasteiger partial charge in [-0.25, -0.2) is 4.98 Å². The Bertz CT molecular complexity index is 1070. The van der Waals surface area contributed by atoms with Crippen molar-refractivity contribution < 1.29 is 4.79 Å². The molecule has 0 atom stereocenters. The van der Waals surface area contributed by atoms with Gasteiger partial charge >= 0.3 is 0 Å². The van der Waals surface area contributed by atoms with Crippen LogP contribution in [0.15, 0.2) is 29.1 Å². The van der Waals surface area contributed by atoms with Gasteiger partial charge in [0.15, 0.2) is 0 Å². The number of amides is 1. The normalized spacial score (nSPS) is 13.7. The lowest BCUT2D eigenvalue weighted by atomic mass is 9.97. The zero-order chi connectivity index (χ0) is 19.0. The minimum Gasteiger partial charge on any atom is -0.370 e. The van der Waals surface area contributed by atoms with Crippen molar-refractivity contribution in [1.29, 1.82) is 0 Å². The Kier molecular flexibility index (Phi) is 5.02. The van der Waals surface area contributed by atoms with Gasteiger partial charge < -0.3 is 5.73 Å². The quantitative estimate of drug-likeness (QED) is 0.711.